The topological polar surface area (TPSA) is 98.5 Å². The zero-order valence-corrected chi connectivity index (χ0v) is 23.3. The summed E-state index contributed by atoms with van der Waals surface area (Å²) in [6.07, 6.45) is 5.67. The van der Waals surface area contributed by atoms with E-state index in [9.17, 15) is 9.90 Å². The van der Waals surface area contributed by atoms with E-state index >= 15 is 0 Å². The minimum absolute atomic E-state index is 0.0702. The van der Waals surface area contributed by atoms with Crippen molar-refractivity contribution in [2.24, 2.45) is 7.05 Å². The number of amides is 1. The number of carbonyl (C=O) groups is 1. The highest BCUT2D eigenvalue weighted by Crippen LogP contribution is 2.41. The van der Waals surface area contributed by atoms with Crippen LogP contribution >= 0.6 is 0 Å². The maximum absolute atomic E-state index is 13.2. The van der Waals surface area contributed by atoms with Gasteiger partial charge in [0.1, 0.15) is 11.5 Å². The first-order valence-corrected chi connectivity index (χ1v) is 14.1. The molecule has 9 nitrogen and oxygen atoms in total. The Hall–Kier alpha value is -3.95. The van der Waals surface area contributed by atoms with Crippen molar-refractivity contribution in [3.63, 3.8) is 0 Å². The van der Waals surface area contributed by atoms with E-state index in [4.69, 9.17) is 9.97 Å². The Labute approximate surface area is 233 Å². The Kier molecular flexibility index (Phi) is 6.01. The smallest absolute Gasteiger partial charge is 0.254 e. The van der Waals surface area contributed by atoms with Gasteiger partial charge in [-0.05, 0) is 86.3 Å². The quantitative estimate of drug-likeness (QED) is 0.345. The molecule has 0 spiro atoms. The monoisotopic (exact) mass is 537 g/mol. The second-order valence-electron chi connectivity index (χ2n) is 11.5. The van der Waals surface area contributed by atoms with Crippen LogP contribution in [-0.4, -0.2) is 63.7 Å². The summed E-state index contributed by atoms with van der Waals surface area (Å²) in [5.74, 6) is 0.626. The number of aromatic nitrogens is 3. The van der Waals surface area contributed by atoms with Crippen LogP contribution in [-0.2, 0) is 33.0 Å². The maximum atomic E-state index is 13.2. The standard InChI is InChI=1S/C31H35N7O2/c1-36(2)17-24-26(38-14-12-18(39)16-38)9-10-27(35-24)34-23-8-7-19(22-15-33-31(40)29(22)23)20-11-13-32-30-28(20)21-5-4-6-25(21)37(30)3/h7-11,13,18,39H,4-6,12,14-17H2,1-3H3,(H,33,40)(H,34,35). The van der Waals surface area contributed by atoms with E-state index in [-0.39, 0.29) is 12.0 Å². The average molecular weight is 538 g/mol. The third-order valence-corrected chi connectivity index (χ3v) is 8.58. The number of nitrogens with zero attached hydrogens (tertiary/aromatic N) is 5. The fourth-order valence-electron chi connectivity index (χ4n) is 6.79. The summed E-state index contributed by atoms with van der Waals surface area (Å²) < 4.78 is 2.24. The SMILES string of the molecule is CN(C)Cc1nc(Nc2ccc(-c3ccnc4c3c3c(n4C)CCC3)c3c2C(=O)NC3)ccc1N1CCC(O)C1. The molecular formula is C31H35N7O2. The molecule has 4 aromatic rings. The van der Waals surface area contributed by atoms with Crippen LogP contribution < -0.4 is 15.5 Å². The number of carbonyl (C=O) groups excluding carboxylic acids is 1. The highest BCUT2D eigenvalue weighted by molar-refractivity contribution is 6.08. The van der Waals surface area contributed by atoms with Crippen molar-refractivity contribution in [1.29, 1.82) is 0 Å². The Bertz CT molecular complexity index is 1660. The number of hydrogen-bond donors (Lipinski definition) is 3. The molecule has 1 atom stereocenters. The molecule has 1 fully saturated rings. The van der Waals surface area contributed by atoms with Gasteiger partial charge in [0.25, 0.3) is 5.91 Å². The van der Waals surface area contributed by atoms with Crippen molar-refractivity contribution < 1.29 is 9.90 Å². The number of nitrogens with one attached hydrogen (secondary N) is 2. The molecule has 206 valence electrons. The molecule has 0 radical (unpaired) electrons. The number of rotatable bonds is 6. The van der Waals surface area contributed by atoms with Gasteiger partial charge in [-0.2, -0.15) is 0 Å². The second-order valence-corrected chi connectivity index (χ2v) is 11.5. The molecule has 1 unspecified atom stereocenters. The number of hydrogen-bond acceptors (Lipinski definition) is 7. The Morgan fingerprint density at radius 3 is 2.80 bits per heavy atom. The summed E-state index contributed by atoms with van der Waals surface area (Å²) in [5.41, 5.74) is 10.4. The van der Waals surface area contributed by atoms with Crippen LogP contribution in [0.2, 0.25) is 0 Å². The number of aliphatic hydroxyl groups excluding tert-OH is 1. The predicted octanol–water partition coefficient (Wildman–Crippen LogP) is 3.74. The third-order valence-electron chi connectivity index (χ3n) is 8.58. The van der Waals surface area contributed by atoms with Crippen LogP contribution in [0.1, 0.15) is 45.7 Å². The molecule has 1 aromatic carbocycles. The summed E-state index contributed by atoms with van der Waals surface area (Å²) in [5, 5.41) is 17.8. The number of fused-ring (bicyclic) bond motifs is 4. The van der Waals surface area contributed by atoms with E-state index < -0.39 is 0 Å². The van der Waals surface area contributed by atoms with Gasteiger partial charge in [-0.15, -0.1) is 0 Å². The van der Waals surface area contributed by atoms with Crippen LogP contribution in [0.5, 0.6) is 0 Å². The molecule has 3 aliphatic rings. The van der Waals surface area contributed by atoms with Crippen molar-refractivity contribution in [2.75, 3.05) is 37.4 Å². The van der Waals surface area contributed by atoms with Crippen LogP contribution in [0.25, 0.3) is 22.2 Å². The summed E-state index contributed by atoms with van der Waals surface area (Å²) in [6, 6.07) is 10.3. The van der Waals surface area contributed by atoms with E-state index in [0.717, 1.165) is 65.2 Å². The van der Waals surface area contributed by atoms with Gasteiger partial charge < -0.3 is 30.1 Å². The van der Waals surface area contributed by atoms with Crippen LogP contribution in [0.3, 0.4) is 0 Å². The fourth-order valence-corrected chi connectivity index (χ4v) is 6.79. The molecule has 40 heavy (non-hydrogen) atoms. The number of benzene rings is 1. The number of aryl methyl sites for hydroxylation is 2. The Balaban J connectivity index is 1.28. The highest BCUT2D eigenvalue weighted by atomic mass is 16.3. The Morgan fingerprint density at radius 1 is 1.12 bits per heavy atom. The average Bonchev–Trinajstić information content (AvgIpc) is 3.71. The van der Waals surface area contributed by atoms with E-state index in [1.165, 1.54) is 23.1 Å². The maximum Gasteiger partial charge on any atom is 0.254 e. The highest BCUT2D eigenvalue weighted by Gasteiger charge is 2.30. The van der Waals surface area contributed by atoms with Gasteiger partial charge >= 0.3 is 0 Å². The minimum atomic E-state index is -0.303. The predicted molar refractivity (Wildman–Crippen MR) is 157 cm³/mol. The number of pyridine rings is 2. The normalized spacial score (nSPS) is 18.1. The molecule has 3 N–H and O–H groups in total. The lowest BCUT2D eigenvalue weighted by atomic mass is 9.93. The first kappa shape index (κ1) is 25.0. The van der Waals surface area contributed by atoms with E-state index in [1.807, 2.05) is 32.4 Å². The third kappa shape index (κ3) is 4.03. The van der Waals surface area contributed by atoms with Crippen molar-refractivity contribution in [2.45, 2.75) is 44.9 Å². The molecule has 7 rings (SSSR count). The van der Waals surface area contributed by atoms with E-state index in [0.29, 0.717) is 31.0 Å². The number of anilines is 3. The largest absolute Gasteiger partial charge is 0.391 e. The lowest BCUT2D eigenvalue weighted by molar-refractivity contribution is 0.0966. The summed E-state index contributed by atoms with van der Waals surface area (Å²) in [6.45, 7) is 2.61. The fraction of sp³-hybridized carbons (Fsp3) is 0.387. The molecule has 0 bridgehead atoms. The molecule has 9 heteroatoms. The molecule has 5 heterocycles. The molecule has 0 saturated carbocycles. The van der Waals surface area contributed by atoms with Crippen LogP contribution in [0.4, 0.5) is 17.2 Å². The van der Waals surface area contributed by atoms with Crippen molar-refractivity contribution in [1.82, 2.24) is 24.8 Å². The second kappa shape index (κ2) is 9.60. The van der Waals surface area contributed by atoms with Gasteiger partial charge in [0.2, 0.25) is 0 Å². The number of aliphatic hydroxyl groups is 1. The Morgan fingerprint density at radius 2 is 2.00 bits per heavy atom. The summed E-state index contributed by atoms with van der Waals surface area (Å²) in [4.78, 5) is 27.2. The van der Waals surface area contributed by atoms with Crippen molar-refractivity contribution in [3.05, 3.63) is 64.6 Å². The van der Waals surface area contributed by atoms with Crippen LogP contribution in [0, 0.1) is 0 Å². The van der Waals surface area contributed by atoms with Gasteiger partial charge in [-0.3, -0.25) is 4.79 Å². The van der Waals surface area contributed by atoms with Crippen LogP contribution in [0.15, 0.2) is 36.5 Å². The minimum Gasteiger partial charge on any atom is -0.391 e. The van der Waals surface area contributed by atoms with Gasteiger partial charge in [0.15, 0.2) is 0 Å². The van der Waals surface area contributed by atoms with Gasteiger partial charge in [0, 0.05) is 50.5 Å². The molecule has 1 amide bonds. The zero-order valence-electron chi connectivity index (χ0n) is 23.3. The summed E-state index contributed by atoms with van der Waals surface area (Å²) in [7, 11) is 6.16. The van der Waals surface area contributed by atoms with Gasteiger partial charge in [0.05, 0.1) is 28.7 Å². The molecular weight excluding hydrogens is 502 g/mol. The first-order chi connectivity index (χ1) is 19.4. The molecule has 1 aliphatic carbocycles. The van der Waals surface area contributed by atoms with Crippen molar-refractivity contribution >= 4 is 34.1 Å². The first-order valence-electron chi connectivity index (χ1n) is 14.1. The van der Waals surface area contributed by atoms with Crippen molar-refractivity contribution in [3.8, 4) is 11.1 Å². The lowest BCUT2D eigenvalue weighted by Gasteiger charge is -2.23. The summed E-state index contributed by atoms with van der Waals surface area (Å²) >= 11 is 0. The van der Waals surface area contributed by atoms with Gasteiger partial charge in [-0.25, -0.2) is 9.97 Å². The van der Waals surface area contributed by atoms with E-state index in [2.05, 4.69) is 50.2 Å². The number of β-amino-alcohol motifs (C(OH)–C–C–N with tert-alkyl or cyclic N) is 1. The molecule has 3 aromatic heterocycles. The van der Waals surface area contributed by atoms with Gasteiger partial charge in [-0.1, -0.05) is 6.07 Å². The molecule has 1 saturated heterocycles. The van der Waals surface area contributed by atoms with E-state index in [1.54, 1.807) is 0 Å². The molecule has 2 aliphatic heterocycles. The zero-order chi connectivity index (χ0) is 27.5. The lowest BCUT2D eigenvalue weighted by Crippen LogP contribution is -2.24.